The van der Waals surface area contributed by atoms with Gasteiger partial charge in [0.2, 0.25) is 5.91 Å². The molecule has 2 bridgehead atoms. The SMILES string of the molecule is C[C@]1(C(=O)O)[C@@H]2C=C[C@@H](C2)[C@@H]1C(=O)Nc1nccs1. The Morgan fingerprint density at radius 2 is 2.32 bits per heavy atom. The van der Waals surface area contributed by atoms with Crippen molar-refractivity contribution in [1.82, 2.24) is 4.98 Å². The highest BCUT2D eigenvalue weighted by atomic mass is 32.1. The van der Waals surface area contributed by atoms with E-state index in [0.29, 0.717) is 5.13 Å². The third-order valence-corrected chi connectivity index (χ3v) is 5.06. The number of amides is 1. The van der Waals surface area contributed by atoms with Crippen molar-refractivity contribution < 1.29 is 14.7 Å². The van der Waals surface area contributed by atoms with Gasteiger partial charge in [0.1, 0.15) is 0 Å². The number of carboxylic acid groups (broad SMARTS) is 1. The second-order valence-electron chi connectivity index (χ2n) is 5.28. The van der Waals surface area contributed by atoms with Crippen LogP contribution in [0.15, 0.2) is 23.7 Å². The maximum Gasteiger partial charge on any atom is 0.310 e. The summed E-state index contributed by atoms with van der Waals surface area (Å²) in [6.45, 7) is 1.68. The van der Waals surface area contributed by atoms with Crippen molar-refractivity contribution in [2.24, 2.45) is 23.2 Å². The first kappa shape index (κ1) is 12.3. The van der Waals surface area contributed by atoms with Crippen molar-refractivity contribution in [2.45, 2.75) is 13.3 Å². The number of carboxylic acids is 1. The van der Waals surface area contributed by atoms with Crippen LogP contribution in [0, 0.1) is 23.2 Å². The van der Waals surface area contributed by atoms with Gasteiger partial charge in [-0.2, -0.15) is 0 Å². The maximum absolute atomic E-state index is 12.4. The monoisotopic (exact) mass is 278 g/mol. The molecule has 4 atom stereocenters. The summed E-state index contributed by atoms with van der Waals surface area (Å²) in [6, 6.07) is 0. The van der Waals surface area contributed by atoms with Gasteiger partial charge in [0.05, 0.1) is 11.3 Å². The lowest BCUT2D eigenvalue weighted by Crippen LogP contribution is -2.45. The molecule has 1 aromatic rings. The summed E-state index contributed by atoms with van der Waals surface area (Å²) >= 11 is 1.33. The fourth-order valence-corrected chi connectivity index (χ4v) is 3.85. The second-order valence-corrected chi connectivity index (χ2v) is 6.18. The second kappa shape index (κ2) is 4.16. The molecule has 1 aromatic heterocycles. The van der Waals surface area contributed by atoms with Gasteiger partial charge in [-0.1, -0.05) is 12.2 Å². The van der Waals surface area contributed by atoms with Crippen molar-refractivity contribution in [3.8, 4) is 0 Å². The molecule has 2 aliphatic rings. The molecule has 1 fully saturated rings. The number of aliphatic carboxylic acids is 1. The fraction of sp³-hybridized carbons (Fsp3) is 0.462. The number of allylic oxidation sites excluding steroid dienone is 2. The van der Waals surface area contributed by atoms with Gasteiger partial charge < -0.3 is 10.4 Å². The lowest BCUT2D eigenvalue weighted by atomic mass is 9.69. The van der Waals surface area contributed by atoms with E-state index in [1.807, 2.05) is 12.2 Å². The van der Waals surface area contributed by atoms with Crippen LogP contribution in [0.5, 0.6) is 0 Å². The van der Waals surface area contributed by atoms with Crippen LogP contribution < -0.4 is 5.32 Å². The number of anilines is 1. The quantitative estimate of drug-likeness (QED) is 0.829. The van der Waals surface area contributed by atoms with E-state index in [2.05, 4.69) is 10.3 Å². The van der Waals surface area contributed by atoms with E-state index in [0.717, 1.165) is 6.42 Å². The van der Waals surface area contributed by atoms with E-state index >= 15 is 0 Å². The number of hydrogen-bond acceptors (Lipinski definition) is 4. The van der Waals surface area contributed by atoms with Crippen molar-refractivity contribution in [3.63, 3.8) is 0 Å². The molecule has 0 unspecified atom stereocenters. The van der Waals surface area contributed by atoms with Crippen LogP contribution in [0.2, 0.25) is 0 Å². The molecule has 19 heavy (non-hydrogen) atoms. The van der Waals surface area contributed by atoms with Crippen molar-refractivity contribution in [1.29, 1.82) is 0 Å². The molecule has 2 aliphatic carbocycles. The van der Waals surface area contributed by atoms with E-state index in [-0.39, 0.29) is 17.7 Å². The predicted octanol–water partition coefficient (Wildman–Crippen LogP) is 1.99. The Labute approximate surface area is 114 Å². The van der Waals surface area contributed by atoms with Crippen LogP contribution in [-0.2, 0) is 9.59 Å². The van der Waals surface area contributed by atoms with Crippen LogP contribution >= 0.6 is 11.3 Å². The van der Waals surface area contributed by atoms with Gasteiger partial charge in [0, 0.05) is 11.6 Å². The first-order valence-corrected chi connectivity index (χ1v) is 7.03. The molecular weight excluding hydrogens is 264 g/mol. The lowest BCUT2D eigenvalue weighted by molar-refractivity contribution is -0.155. The van der Waals surface area contributed by atoms with E-state index in [9.17, 15) is 14.7 Å². The Kier molecular flexibility index (Phi) is 2.70. The molecule has 2 N–H and O–H groups in total. The minimum atomic E-state index is -1.01. The van der Waals surface area contributed by atoms with Gasteiger partial charge in [-0.05, 0) is 25.2 Å². The van der Waals surface area contributed by atoms with Crippen molar-refractivity contribution >= 4 is 28.3 Å². The van der Waals surface area contributed by atoms with Gasteiger partial charge in [0.25, 0.3) is 0 Å². The molecule has 0 spiro atoms. The predicted molar refractivity (Wildman–Crippen MR) is 70.7 cm³/mol. The summed E-state index contributed by atoms with van der Waals surface area (Å²) in [7, 11) is 0. The Hall–Kier alpha value is -1.69. The van der Waals surface area contributed by atoms with Gasteiger partial charge in [-0.15, -0.1) is 11.3 Å². The summed E-state index contributed by atoms with van der Waals surface area (Å²) in [4.78, 5) is 28.0. The van der Waals surface area contributed by atoms with Gasteiger partial charge in [0.15, 0.2) is 5.13 Å². The number of aromatic nitrogens is 1. The van der Waals surface area contributed by atoms with E-state index < -0.39 is 17.3 Å². The number of rotatable bonds is 3. The zero-order valence-corrected chi connectivity index (χ0v) is 11.2. The first-order valence-electron chi connectivity index (χ1n) is 6.15. The molecule has 100 valence electrons. The number of carbonyl (C=O) groups is 2. The molecule has 3 rings (SSSR count). The number of fused-ring (bicyclic) bond motifs is 2. The summed E-state index contributed by atoms with van der Waals surface area (Å²) in [5, 5.41) is 14.5. The molecule has 0 aromatic carbocycles. The molecule has 6 heteroatoms. The van der Waals surface area contributed by atoms with Crippen molar-refractivity contribution in [3.05, 3.63) is 23.7 Å². The summed E-state index contributed by atoms with van der Waals surface area (Å²) in [5.74, 6) is -1.70. The Bertz CT molecular complexity index is 554. The molecule has 1 heterocycles. The Morgan fingerprint density at radius 3 is 2.95 bits per heavy atom. The smallest absolute Gasteiger partial charge is 0.310 e. The summed E-state index contributed by atoms with van der Waals surface area (Å²) < 4.78 is 0. The molecular formula is C13H14N2O3S. The fourth-order valence-electron chi connectivity index (χ4n) is 3.32. The van der Waals surface area contributed by atoms with Crippen LogP contribution in [0.3, 0.4) is 0 Å². The van der Waals surface area contributed by atoms with Crippen LogP contribution in [0.25, 0.3) is 0 Å². The summed E-state index contributed by atoms with van der Waals surface area (Å²) in [6.07, 6.45) is 6.27. The largest absolute Gasteiger partial charge is 0.481 e. The van der Waals surface area contributed by atoms with Crippen LogP contribution in [0.4, 0.5) is 5.13 Å². The molecule has 0 saturated heterocycles. The van der Waals surface area contributed by atoms with E-state index in [4.69, 9.17) is 0 Å². The number of thiazole rings is 1. The standard InChI is InChI=1S/C13H14N2O3S/c1-13(11(17)18)8-3-2-7(6-8)9(13)10(16)15-12-14-4-5-19-12/h2-5,7-9H,6H2,1H3,(H,17,18)(H,14,15,16)/t7-,8+,9+,13-/m0/s1. The zero-order valence-electron chi connectivity index (χ0n) is 10.4. The summed E-state index contributed by atoms with van der Waals surface area (Å²) in [5.41, 5.74) is -1.01. The van der Waals surface area contributed by atoms with Gasteiger partial charge in [-0.3, -0.25) is 9.59 Å². The molecule has 0 aliphatic heterocycles. The maximum atomic E-state index is 12.4. The minimum absolute atomic E-state index is 0.0195. The van der Waals surface area contributed by atoms with E-state index in [1.54, 1.807) is 18.5 Å². The zero-order chi connectivity index (χ0) is 13.6. The minimum Gasteiger partial charge on any atom is -0.481 e. The highest BCUT2D eigenvalue weighted by Gasteiger charge is 2.60. The average molecular weight is 278 g/mol. The Balaban J connectivity index is 1.88. The number of hydrogen-bond donors (Lipinski definition) is 2. The highest BCUT2D eigenvalue weighted by Crippen LogP contribution is 2.56. The van der Waals surface area contributed by atoms with Gasteiger partial charge in [-0.25, -0.2) is 4.98 Å². The molecule has 1 amide bonds. The van der Waals surface area contributed by atoms with Crippen LogP contribution in [0.1, 0.15) is 13.3 Å². The number of nitrogens with one attached hydrogen (secondary N) is 1. The number of nitrogens with zero attached hydrogens (tertiary/aromatic N) is 1. The Morgan fingerprint density at radius 1 is 1.53 bits per heavy atom. The molecule has 1 saturated carbocycles. The third-order valence-electron chi connectivity index (χ3n) is 4.37. The molecule has 5 nitrogen and oxygen atoms in total. The molecule has 0 radical (unpaired) electrons. The topological polar surface area (TPSA) is 79.3 Å². The van der Waals surface area contributed by atoms with Crippen LogP contribution in [-0.4, -0.2) is 22.0 Å². The first-order chi connectivity index (χ1) is 9.03. The number of carbonyl (C=O) groups excluding carboxylic acids is 1. The average Bonchev–Trinajstić information content (AvgIpc) is 3.03. The highest BCUT2D eigenvalue weighted by molar-refractivity contribution is 7.13. The van der Waals surface area contributed by atoms with E-state index in [1.165, 1.54) is 11.3 Å². The lowest BCUT2D eigenvalue weighted by Gasteiger charge is -2.33. The van der Waals surface area contributed by atoms with Crippen molar-refractivity contribution in [2.75, 3.05) is 5.32 Å². The third kappa shape index (κ3) is 1.70. The van der Waals surface area contributed by atoms with Gasteiger partial charge >= 0.3 is 5.97 Å². The normalized spacial score (nSPS) is 35.5.